The highest BCUT2D eigenvalue weighted by atomic mass is 35.5. The molecule has 0 saturated heterocycles. The molecule has 80 valence electrons. The first-order chi connectivity index (χ1) is 7.11. The van der Waals surface area contributed by atoms with E-state index in [-0.39, 0.29) is 6.54 Å². The Kier molecular flexibility index (Phi) is 3.89. The molecular weight excluding hydrogens is 214 g/mol. The van der Waals surface area contributed by atoms with Crippen LogP contribution in [0.5, 0.6) is 5.75 Å². The van der Waals surface area contributed by atoms with E-state index in [4.69, 9.17) is 16.3 Å². The predicted molar refractivity (Wildman–Crippen MR) is 59.3 cm³/mol. The summed E-state index contributed by atoms with van der Waals surface area (Å²) in [6, 6.07) is 1.81. The molecule has 0 aliphatic carbocycles. The first-order valence-electron chi connectivity index (χ1n) is 4.48. The van der Waals surface area contributed by atoms with E-state index < -0.39 is 0 Å². The fraction of sp³-hybridized carbons (Fsp3) is 0.364. The van der Waals surface area contributed by atoms with Crippen molar-refractivity contribution in [1.82, 2.24) is 0 Å². The Labute approximate surface area is 93.7 Å². The van der Waals surface area contributed by atoms with Crippen molar-refractivity contribution < 1.29 is 9.53 Å². The van der Waals surface area contributed by atoms with Gasteiger partial charge in [0.05, 0.1) is 13.7 Å². The van der Waals surface area contributed by atoms with Gasteiger partial charge in [0.15, 0.2) is 0 Å². The SMILES string of the molecule is COc1c(C)cc(Cl)c(CN=C=O)c1C. The van der Waals surface area contributed by atoms with Crippen LogP contribution < -0.4 is 4.74 Å². The molecule has 0 radical (unpaired) electrons. The standard InChI is InChI=1S/C11H12ClNO2/c1-7-4-10(12)9(5-13-6-14)8(2)11(7)15-3/h4H,5H2,1-3H3. The van der Waals surface area contributed by atoms with Gasteiger partial charge in [0, 0.05) is 5.02 Å². The van der Waals surface area contributed by atoms with E-state index in [0.717, 1.165) is 22.4 Å². The van der Waals surface area contributed by atoms with Crippen molar-refractivity contribution in [3.63, 3.8) is 0 Å². The number of hydrogen-bond acceptors (Lipinski definition) is 3. The summed E-state index contributed by atoms with van der Waals surface area (Å²) in [4.78, 5) is 13.6. The zero-order valence-electron chi connectivity index (χ0n) is 8.93. The largest absolute Gasteiger partial charge is 0.496 e. The summed E-state index contributed by atoms with van der Waals surface area (Å²) < 4.78 is 5.25. The van der Waals surface area contributed by atoms with Gasteiger partial charge in [-0.05, 0) is 36.6 Å². The summed E-state index contributed by atoms with van der Waals surface area (Å²) in [7, 11) is 1.61. The molecule has 0 bridgehead atoms. The Morgan fingerprint density at radius 2 is 2.20 bits per heavy atom. The number of nitrogens with zero attached hydrogens (tertiary/aromatic N) is 1. The quantitative estimate of drug-likeness (QED) is 0.586. The summed E-state index contributed by atoms with van der Waals surface area (Å²) in [6.45, 7) is 4.06. The fourth-order valence-corrected chi connectivity index (χ4v) is 1.94. The molecule has 0 aliphatic heterocycles. The molecule has 3 nitrogen and oxygen atoms in total. The number of isocyanates is 1. The average Bonchev–Trinajstić information content (AvgIpc) is 2.17. The van der Waals surface area contributed by atoms with Crippen LogP contribution in [0.15, 0.2) is 11.1 Å². The number of benzene rings is 1. The lowest BCUT2D eigenvalue weighted by molar-refractivity contribution is 0.408. The highest BCUT2D eigenvalue weighted by molar-refractivity contribution is 6.31. The molecule has 1 aromatic rings. The van der Waals surface area contributed by atoms with Crippen molar-refractivity contribution in [2.45, 2.75) is 20.4 Å². The second-order valence-corrected chi connectivity index (χ2v) is 3.63. The first-order valence-corrected chi connectivity index (χ1v) is 4.85. The smallest absolute Gasteiger partial charge is 0.235 e. The van der Waals surface area contributed by atoms with E-state index in [0.29, 0.717) is 5.02 Å². The lowest BCUT2D eigenvalue weighted by atomic mass is 10.0. The molecule has 0 unspecified atom stereocenters. The van der Waals surface area contributed by atoms with Gasteiger partial charge in [-0.1, -0.05) is 11.6 Å². The molecule has 0 aliphatic rings. The Morgan fingerprint density at radius 3 is 2.73 bits per heavy atom. The molecule has 1 rings (SSSR count). The number of methoxy groups -OCH3 is 1. The third kappa shape index (κ3) is 2.38. The van der Waals surface area contributed by atoms with E-state index in [1.165, 1.54) is 6.08 Å². The van der Waals surface area contributed by atoms with E-state index in [1.807, 2.05) is 19.9 Å². The van der Waals surface area contributed by atoms with Crippen molar-refractivity contribution in [3.05, 3.63) is 27.8 Å². The highest BCUT2D eigenvalue weighted by Crippen LogP contribution is 2.32. The number of rotatable bonds is 3. The molecular formula is C11H12ClNO2. The van der Waals surface area contributed by atoms with Crippen LogP contribution in [0.3, 0.4) is 0 Å². The van der Waals surface area contributed by atoms with Gasteiger partial charge in [-0.2, -0.15) is 0 Å². The van der Waals surface area contributed by atoms with Crippen LogP contribution in [0.25, 0.3) is 0 Å². The normalized spacial score (nSPS) is 9.60. The topological polar surface area (TPSA) is 38.7 Å². The van der Waals surface area contributed by atoms with Gasteiger partial charge in [0.1, 0.15) is 5.75 Å². The van der Waals surface area contributed by atoms with E-state index in [9.17, 15) is 4.79 Å². The minimum Gasteiger partial charge on any atom is -0.496 e. The van der Waals surface area contributed by atoms with Gasteiger partial charge in [-0.25, -0.2) is 9.79 Å². The van der Waals surface area contributed by atoms with E-state index >= 15 is 0 Å². The molecule has 0 aromatic heterocycles. The summed E-state index contributed by atoms with van der Waals surface area (Å²) >= 11 is 6.05. The van der Waals surface area contributed by atoms with Gasteiger partial charge in [-0.3, -0.25) is 0 Å². The van der Waals surface area contributed by atoms with Crippen LogP contribution in [0.2, 0.25) is 5.02 Å². The van der Waals surface area contributed by atoms with E-state index in [2.05, 4.69) is 4.99 Å². The molecule has 0 spiro atoms. The average molecular weight is 226 g/mol. The number of hydrogen-bond donors (Lipinski definition) is 0. The zero-order chi connectivity index (χ0) is 11.4. The van der Waals surface area contributed by atoms with Crippen LogP contribution in [0.1, 0.15) is 16.7 Å². The van der Waals surface area contributed by atoms with Gasteiger partial charge >= 0.3 is 0 Å². The second kappa shape index (κ2) is 4.96. The van der Waals surface area contributed by atoms with Gasteiger partial charge in [-0.15, -0.1) is 0 Å². The molecule has 0 N–H and O–H groups in total. The van der Waals surface area contributed by atoms with Crippen LogP contribution in [-0.2, 0) is 11.3 Å². The Hall–Kier alpha value is -1.31. The second-order valence-electron chi connectivity index (χ2n) is 3.22. The third-order valence-electron chi connectivity index (χ3n) is 2.29. The zero-order valence-corrected chi connectivity index (χ0v) is 9.68. The Balaban J connectivity index is 3.31. The maximum absolute atomic E-state index is 10.1. The van der Waals surface area contributed by atoms with Crippen molar-refractivity contribution >= 4 is 17.7 Å². The van der Waals surface area contributed by atoms with E-state index in [1.54, 1.807) is 7.11 Å². The molecule has 0 atom stereocenters. The molecule has 0 heterocycles. The van der Waals surface area contributed by atoms with Gasteiger partial charge < -0.3 is 4.74 Å². The molecule has 0 saturated carbocycles. The van der Waals surface area contributed by atoms with Crippen LogP contribution in [-0.4, -0.2) is 13.2 Å². The summed E-state index contributed by atoms with van der Waals surface area (Å²) in [5, 5.41) is 0.602. The molecule has 4 heteroatoms. The lowest BCUT2D eigenvalue weighted by Gasteiger charge is -2.13. The van der Waals surface area contributed by atoms with Crippen molar-refractivity contribution in [3.8, 4) is 5.75 Å². The van der Waals surface area contributed by atoms with Crippen molar-refractivity contribution in [2.24, 2.45) is 4.99 Å². The Bertz CT molecular complexity index is 423. The number of halogens is 1. The van der Waals surface area contributed by atoms with Crippen molar-refractivity contribution in [2.75, 3.05) is 7.11 Å². The molecule has 0 amide bonds. The predicted octanol–water partition coefficient (Wildman–Crippen LogP) is 2.80. The van der Waals surface area contributed by atoms with Crippen LogP contribution in [0, 0.1) is 13.8 Å². The summed E-state index contributed by atoms with van der Waals surface area (Å²) in [5.41, 5.74) is 2.70. The number of aliphatic imine (C=N–C) groups is 1. The molecule has 1 aromatic carbocycles. The molecule has 0 fully saturated rings. The minimum atomic E-state index is 0.241. The molecule has 15 heavy (non-hydrogen) atoms. The first kappa shape index (κ1) is 11.8. The highest BCUT2D eigenvalue weighted by Gasteiger charge is 2.11. The third-order valence-corrected chi connectivity index (χ3v) is 2.63. The number of aryl methyl sites for hydroxylation is 1. The fourth-order valence-electron chi connectivity index (χ4n) is 1.57. The minimum absolute atomic E-state index is 0.241. The van der Waals surface area contributed by atoms with Gasteiger partial charge in [0.25, 0.3) is 0 Å². The van der Waals surface area contributed by atoms with Gasteiger partial charge in [0.2, 0.25) is 6.08 Å². The van der Waals surface area contributed by atoms with Crippen molar-refractivity contribution in [1.29, 1.82) is 0 Å². The summed E-state index contributed by atoms with van der Waals surface area (Å²) in [5.74, 6) is 0.787. The Morgan fingerprint density at radius 1 is 1.53 bits per heavy atom. The maximum Gasteiger partial charge on any atom is 0.235 e. The monoisotopic (exact) mass is 225 g/mol. The number of carbonyl (C=O) groups excluding carboxylic acids is 1. The van der Waals surface area contributed by atoms with Crippen LogP contribution in [0.4, 0.5) is 0 Å². The number of ether oxygens (including phenoxy) is 1. The van der Waals surface area contributed by atoms with Crippen LogP contribution >= 0.6 is 11.6 Å². The lowest BCUT2D eigenvalue weighted by Crippen LogP contribution is -1.97. The maximum atomic E-state index is 10.1. The summed E-state index contributed by atoms with van der Waals surface area (Å²) in [6.07, 6.45) is 1.50.